The van der Waals surface area contributed by atoms with Crippen LogP contribution in [0, 0.1) is 6.92 Å². The molecule has 328 valence electrons. The zero-order valence-corrected chi connectivity index (χ0v) is 35.2. The number of aromatic hydroxyl groups is 1. The minimum atomic E-state index is -1.38. The number of imide groups is 1. The number of hydrogen-bond donors (Lipinski definition) is 3. The Hall–Kier alpha value is -6.17. The maximum absolute atomic E-state index is 16.4. The molecule has 16 nitrogen and oxygen atoms in total. The van der Waals surface area contributed by atoms with Gasteiger partial charge in [-0.15, -0.1) is 10.2 Å². The van der Waals surface area contributed by atoms with Gasteiger partial charge in [-0.05, 0) is 67.3 Å². The van der Waals surface area contributed by atoms with Gasteiger partial charge in [-0.2, -0.15) is 0 Å². The van der Waals surface area contributed by atoms with Crippen LogP contribution in [0.3, 0.4) is 0 Å². The lowest BCUT2D eigenvalue weighted by Gasteiger charge is -2.42. The number of halogens is 1. The number of ether oxygens (including phenoxy) is 2. The van der Waals surface area contributed by atoms with Crippen molar-refractivity contribution < 1.29 is 33.4 Å². The SMILES string of the molecule is Cc1cn(C2CCN(CC3(F)CCN(C(=O)c4ccc([C@@H]5CN(c6cc(-c7ccccc7O)nnc6N)[C@@H]6COCC6O5)cc4)CC3)CC2)c2ncc(N3CCC(=O)NC3=O)cc12. The van der Waals surface area contributed by atoms with E-state index < -0.39 is 11.7 Å². The second-order valence-corrected chi connectivity index (χ2v) is 17.5. The first-order valence-electron chi connectivity index (χ1n) is 21.8. The Bertz CT molecular complexity index is 2550. The number of benzene rings is 2. The van der Waals surface area contributed by atoms with Gasteiger partial charge in [0.1, 0.15) is 29.3 Å². The Morgan fingerprint density at radius 2 is 1.78 bits per heavy atom. The number of nitrogens with one attached hydrogen (secondary N) is 1. The summed E-state index contributed by atoms with van der Waals surface area (Å²) in [7, 11) is 0. The molecule has 8 heterocycles. The number of piperidine rings is 2. The number of nitrogens with zero attached hydrogens (tertiary/aromatic N) is 8. The van der Waals surface area contributed by atoms with Crippen LogP contribution in [0.15, 0.2) is 73.1 Å². The highest BCUT2D eigenvalue weighted by Crippen LogP contribution is 2.40. The number of likely N-dealkylation sites (tertiary alicyclic amines) is 2. The molecule has 0 radical (unpaired) electrons. The van der Waals surface area contributed by atoms with Gasteiger partial charge in [-0.1, -0.05) is 24.3 Å². The van der Waals surface area contributed by atoms with Gasteiger partial charge in [0.05, 0.1) is 42.5 Å². The highest BCUT2D eigenvalue weighted by atomic mass is 19.1. The monoisotopic (exact) mass is 858 g/mol. The predicted molar refractivity (Wildman–Crippen MR) is 233 cm³/mol. The van der Waals surface area contributed by atoms with Gasteiger partial charge in [-0.3, -0.25) is 19.8 Å². The molecule has 1 unspecified atom stereocenters. The zero-order valence-electron chi connectivity index (χ0n) is 35.2. The number of carbonyl (C=O) groups excluding carboxylic acids is 3. The summed E-state index contributed by atoms with van der Waals surface area (Å²) < 4.78 is 31.0. The predicted octanol–water partition coefficient (Wildman–Crippen LogP) is 5.16. The summed E-state index contributed by atoms with van der Waals surface area (Å²) >= 11 is 0. The summed E-state index contributed by atoms with van der Waals surface area (Å²) in [4.78, 5) is 50.3. The van der Waals surface area contributed by atoms with E-state index in [0.717, 1.165) is 48.1 Å². The van der Waals surface area contributed by atoms with E-state index in [0.29, 0.717) is 74.1 Å². The molecule has 63 heavy (non-hydrogen) atoms. The van der Waals surface area contributed by atoms with Crippen molar-refractivity contribution >= 4 is 46.1 Å². The number of alkyl halides is 1. The number of phenols is 1. The first kappa shape index (κ1) is 40.9. The maximum Gasteiger partial charge on any atom is 0.328 e. The largest absolute Gasteiger partial charge is 0.507 e. The molecule has 4 N–H and O–H groups in total. The lowest BCUT2D eigenvalue weighted by molar-refractivity contribution is -0.120. The average molecular weight is 859 g/mol. The highest BCUT2D eigenvalue weighted by Gasteiger charge is 2.43. The number of aromatic nitrogens is 4. The molecule has 5 aromatic rings. The number of amides is 4. The zero-order chi connectivity index (χ0) is 43.4. The van der Waals surface area contributed by atoms with Gasteiger partial charge in [0.15, 0.2) is 5.82 Å². The van der Waals surface area contributed by atoms with E-state index in [2.05, 4.69) is 36.1 Å². The van der Waals surface area contributed by atoms with E-state index in [1.165, 1.54) is 0 Å². The Kier molecular flexibility index (Phi) is 10.7. The van der Waals surface area contributed by atoms with E-state index in [1.807, 2.05) is 49.4 Å². The maximum atomic E-state index is 16.4. The molecule has 10 rings (SSSR count). The van der Waals surface area contributed by atoms with E-state index >= 15 is 4.39 Å². The Morgan fingerprint density at radius 3 is 2.54 bits per heavy atom. The van der Waals surface area contributed by atoms with Gasteiger partial charge in [-0.25, -0.2) is 14.2 Å². The fourth-order valence-corrected chi connectivity index (χ4v) is 9.98. The topological polar surface area (TPSA) is 185 Å². The number of fused-ring (bicyclic) bond motifs is 2. The third-order valence-corrected chi connectivity index (χ3v) is 13.5. The molecule has 3 aromatic heterocycles. The van der Waals surface area contributed by atoms with Crippen molar-refractivity contribution in [3.63, 3.8) is 0 Å². The van der Waals surface area contributed by atoms with E-state index in [4.69, 9.17) is 20.2 Å². The first-order valence-corrected chi connectivity index (χ1v) is 21.8. The molecule has 0 saturated carbocycles. The molecule has 5 fully saturated rings. The van der Waals surface area contributed by atoms with Crippen LogP contribution in [0.4, 0.5) is 26.4 Å². The van der Waals surface area contributed by atoms with Crippen molar-refractivity contribution in [1.82, 2.24) is 34.9 Å². The lowest BCUT2D eigenvalue weighted by atomic mass is 9.91. The van der Waals surface area contributed by atoms with Crippen LogP contribution >= 0.6 is 0 Å². The van der Waals surface area contributed by atoms with Crippen LogP contribution in [0.5, 0.6) is 5.75 Å². The van der Waals surface area contributed by atoms with E-state index in [9.17, 15) is 19.5 Å². The molecule has 0 bridgehead atoms. The van der Waals surface area contributed by atoms with Crippen molar-refractivity contribution in [2.24, 2.45) is 0 Å². The molecular formula is C46H51FN10O6. The molecule has 2 aromatic carbocycles. The number of nitrogens with two attached hydrogens (primary N) is 1. The van der Waals surface area contributed by atoms with E-state index in [-0.39, 0.29) is 66.9 Å². The van der Waals surface area contributed by atoms with Crippen LogP contribution in [-0.4, -0.2) is 129 Å². The van der Waals surface area contributed by atoms with Crippen LogP contribution in [0.1, 0.15) is 65.7 Å². The first-order chi connectivity index (χ1) is 30.5. The fourth-order valence-electron chi connectivity index (χ4n) is 9.98. The quantitative estimate of drug-likeness (QED) is 0.187. The number of anilines is 3. The Morgan fingerprint density at radius 1 is 1.00 bits per heavy atom. The van der Waals surface area contributed by atoms with Crippen molar-refractivity contribution in [1.29, 1.82) is 0 Å². The molecule has 5 saturated heterocycles. The third kappa shape index (κ3) is 7.93. The average Bonchev–Trinajstić information content (AvgIpc) is 3.91. The summed E-state index contributed by atoms with van der Waals surface area (Å²) in [6.45, 7) is 6.26. The van der Waals surface area contributed by atoms with Gasteiger partial charge in [0.25, 0.3) is 5.91 Å². The number of aryl methyl sites for hydroxylation is 1. The van der Waals surface area contributed by atoms with Crippen molar-refractivity contribution in [3.8, 4) is 17.0 Å². The fraction of sp³-hybridized carbons (Fsp3) is 0.435. The summed E-state index contributed by atoms with van der Waals surface area (Å²) in [5.41, 5.74) is 10.8. The van der Waals surface area contributed by atoms with Crippen LogP contribution in [0.25, 0.3) is 22.3 Å². The number of morpholine rings is 1. The number of hydrogen-bond acceptors (Lipinski definition) is 12. The third-order valence-electron chi connectivity index (χ3n) is 13.5. The normalized spacial score (nSPS) is 23.3. The number of nitrogen functional groups attached to an aromatic ring is 1. The number of pyridine rings is 1. The van der Waals surface area contributed by atoms with Crippen molar-refractivity contribution in [3.05, 3.63) is 89.7 Å². The number of para-hydroxylation sites is 1. The van der Waals surface area contributed by atoms with Crippen LogP contribution < -0.4 is 20.9 Å². The summed E-state index contributed by atoms with van der Waals surface area (Å²) in [5, 5.41) is 22.3. The minimum absolute atomic E-state index is 0.0872. The molecular weight excluding hydrogens is 808 g/mol. The molecule has 5 aliphatic rings. The van der Waals surface area contributed by atoms with Gasteiger partial charge >= 0.3 is 6.03 Å². The number of rotatable bonds is 8. The summed E-state index contributed by atoms with van der Waals surface area (Å²) in [6.07, 6.45) is 5.78. The van der Waals surface area contributed by atoms with Crippen LogP contribution in [-0.2, 0) is 14.3 Å². The minimum Gasteiger partial charge on any atom is -0.507 e. The molecule has 17 heteroatoms. The summed E-state index contributed by atoms with van der Waals surface area (Å²) in [6, 6.07) is 18.0. The summed E-state index contributed by atoms with van der Waals surface area (Å²) in [5.74, 6) is -0.0204. The van der Waals surface area contributed by atoms with Crippen LogP contribution in [0.2, 0.25) is 0 Å². The molecule has 4 amide bonds. The van der Waals surface area contributed by atoms with Crippen molar-refractivity contribution in [2.45, 2.75) is 69.0 Å². The van der Waals surface area contributed by atoms with Gasteiger partial charge in [0, 0.05) is 93.8 Å². The van der Waals surface area contributed by atoms with Crippen molar-refractivity contribution in [2.75, 3.05) is 74.6 Å². The smallest absolute Gasteiger partial charge is 0.328 e. The standard InChI is InChI=1S/C46H51FN10O6/c1-28-23-56(43-34(28)20-32(22-49-43)55-17-12-41(59)50-45(55)61)31-10-15-53(16-11-31)27-46(47)13-18-54(19-14-46)44(60)30-8-6-29(7-9-30)39-24-57(37-25-62-26-40(37)63-39)36-21-35(51-52-42(36)48)33-4-2-3-5-38(33)58/h2-9,20-23,31,37,39-40,58H,10-19,24-27H2,1H3,(H2,48,52)(H,50,59,61)/t37-,39+,40?/m1/s1. The second kappa shape index (κ2) is 16.5. The highest BCUT2D eigenvalue weighted by molar-refractivity contribution is 6.06. The lowest BCUT2D eigenvalue weighted by Crippen LogP contribution is -2.52. The molecule has 5 aliphatic heterocycles. The Labute approximate surface area is 363 Å². The number of carbonyl (C=O) groups is 3. The molecule has 3 atom stereocenters. The molecule has 0 aliphatic carbocycles. The van der Waals surface area contributed by atoms with Gasteiger partial charge < -0.3 is 39.6 Å². The van der Waals surface area contributed by atoms with Gasteiger partial charge in [0.2, 0.25) is 5.91 Å². The Balaban J connectivity index is 0.738. The molecule has 0 spiro atoms. The van der Waals surface area contributed by atoms with E-state index in [1.54, 1.807) is 34.2 Å². The number of urea groups is 1. The second-order valence-electron chi connectivity index (χ2n) is 17.5. The number of phenolic OH excluding ortho intramolecular Hbond substituents is 1.